The summed E-state index contributed by atoms with van der Waals surface area (Å²) in [4.78, 5) is 11.9. The molecule has 1 N–H and O–H groups in total. The number of aliphatic hydroxyl groups is 1. The Balaban J connectivity index is 1.64. The normalized spacial score (nSPS) is 55.9. The lowest BCUT2D eigenvalue weighted by Gasteiger charge is -2.59. The summed E-state index contributed by atoms with van der Waals surface area (Å²) in [6.45, 7) is 7.02. The molecular weight excluding hydrogens is 284 g/mol. The minimum atomic E-state index is -0.429. The molecule has 8 atom stereocenters. The largest absolute Gasteiger partial charge is 0.389 e. The summed E-state index contributed by atoms with van der Waals surface area (Å²) in [7, 11) is 0. The molecule has 0 aromatic rings. The molecule has 4 aliphatic rings. The van der Waals surface area contributed by atoms with Crippen molar-refractivity contribution in [1.29, 1.82) is 0 Å². The second-order valence-electron chi connectivity index (χ2n) is 9.65. The Morgan fingerprint density at radius 1 is 1.17 bits per heavy atom. The van der Waals surface area contributed by atoms with E-state index >= 15 is 0 Å². The lowest BCUT2D eigenvalue weighted by atomic mass is 9.47. The predicted molar refractivity (Wildman–Crippen MR) is 91.9 cm³/mol. The molecule has 4 fully saturated rings. The van der Waals surface area contributed by atoms with Crippen molar-refractivity contribution in [2.45, 2.75) is 84.2 Å². The molecule has 4 saturated carbocycles. The topological polar surface area (TPSA) is 37.3 Å². The van der Waals surface area contributed by atoms with E-state index in [2.05, 4.69) is 20.8 Å². The highest BCUT2D eigenvalue weighted by Crippen LogP contribution is 2.66. The van der Waals surface area contributed by atoms with Crippen LogP contribution < -0.4 is 0 Å². The number of rotatable bonds is 1. The molecular formula is C21H34O2. The lowest BCUT2D eigenvalue weighted by Crippen LogP contribution is -2.55. The standard InChI is InChI=1S/C21H34O2/c1-4-21(23)10-8-18-19-13(2)11-14-12-15(22)5-6-16(14)17(19)7-9-20(18,21)3/h13-14,16-19,23H,4-12H2,1-3H3/t13-,14?,16-,17-,18+,19+,20-,21?/m0/s1. The Labute approximate surface area is 141 Å². The Hall–Kier alpha value is -0.370. The Kier molecular flexibility index (Phi) is 3.72. The predicted octanol–water partition coefficient (Wildman–Crippen LogP) is 4.60. The maximum absolute atomic E-state index is 11.9. The van der Waals surface area contributed by atoms with E-state index in [-0.39, 0.29) is 5.41 Å². The summed E-state index contributed by atoms with van der Waals surface area (Å²) >= 11 is 0. The van der Waals surface area contributed by atoms with Crippen LogP contribution in [0, 0.1) is 40.9 Å². The first-order chi connectivity index (χ1) is 10.9. The quantitative estimate of drug-likeness (QED) is 0.767. The van der Waals surface area contributed by atoms with Crippen LogP contribution in [0.15, 0.2) is 0 Å². The molecule has 0 spiro atoms. The number of carbonyl (C=O) groups is 1. The zero-order valence-electron chi connectivity index (χ0n) is 15.2. The molecule has 4 rings (SSSR count). The molecule has 0 heterocycles. The van der Waals surface area contributed by atoms with Gasteiger partial charge in [-0.3, -0.25) is 4.79 Å². The van der Waals surface area contributed by atoms with Gasteiger partial charge in [0.15, 0.2) is 0 Å². The third-order valence-corrected chi connectivity index (χ3v) is 9.02. The Morgan fingerprint density at radius 2 is 1.96 bits per heavy atom. The van der Waals surface area contributed by atoms with E-state index in [0.717, 1.165) is 55.8 Å². The Morgan fingerprint density at radius 3 is 2.70 bits per heavy atom. The van der Waals surface area contributed by atoms with E-state index in [0.29, 0.717) is 17.6 Å². The number of hydrogen-bond donors (Lipinski definition) is 1. The van der Waals surface area contributed by atoms with E-state index in [9.17, 15) is 9.90 Å². The number of fused-ring (bicyclic) bond motifs is 5. The number of hydrogen-bond acceptors (Lipinski definition) is 2. The van der Waals surface area contributed by atoms with Gasteiger partial charge in [0, 0.05) is 12.8 Å². The van der Waals surface area contributed by atoms with Crippen LogP contribution in [0.1, 0.15) is 78.6 Å². The average Bonchev–Trinajstić information content (AvgIpc) is 2.79. The van der Waals surface area contributed by atoms with Crippen LogP contribution in [-0.2, 0) is 4.79 Å². The molecule has 130 valence electrons. The van der Waals surface area contributed by atoms with E-state index in [4.69, 9.17) is 0 Å². The van der Waals surface area contributed by atoms with Crippen molar-refractivity contribution in [1.82, 2.24) is 0 Å². The summed E-state index contributed by atoms with van der Waals surface area (Å²) in [6.07, 6.45) is 9.74. The fourth-order valence-electron chi connectivity index (χ4n) is 7.80. The summed E-state index contributed by atoms with van der Waals surface area (Å²) < 4.78 is 0. The first kappa shape index (κ1) is 16.1. The van der Waals surface area contributed by atoms with Gasteiger partial charge in [-0.1, -0.05) is 20.8 Å². The van der Waals surface area contributed by atoms with E-state index in [1.165, 1.54) is 25.7 Å². The molecule has 0 amide bonds. The van der Waals surface area contributed by atoms with Gasteiger partial charge in [0.2, 0.25) is 0 Å². The van der Waals surface area contributed by atoms with Crippen molar-refractivity contribution in [2.24, 2.45) is 40.9 Å². The Bertz CT molecular complexity index is 500. The second kappa shape index (κ2) is 5.31. The number of carbonyl (C=O) groups excluding carboxylic acids is 1. The molecule has 0 saturated heterocycles. The summed E-state index contributed by atoms with van der Waals surface area (Å²) in [5, 5.41) is 11.3. The van der Waals surface area contributed by atoms with Gasteiger partial charge >= 0.3 is 0 Å². The average molecular weight is 319 g/mol. The molecule has 2 heteroatoms. The van der Waals surface area contributed by atoms with Crippen LogP contribution in [0.5, 0.6) is 0 Å². The lowest BCUT2D eigenvalue weighted by molar-refractivity contribution is -0.148. The van der Waals surface area contributed by atoms with Gasteiger partial charge in [-0.2, -0.15) is 0 Å². The molecule has 23 heavy (non-hydrogen) atoms. The van der Waals surface area contributed by atoms with Crippen molar-refractivity contribution >= 4 is 5.78 Å². The van der Waals surface area contributed by atoms with Gasteiger partial charge < -0.3 is 5.11 Å². The molecule has 0 radical (unpaired) electrons. The van der Waals surface area contributed by atoms with Crippen LogP contribution in [0.2, 0.25) is 0 Å². The summed E-state index contributed by atoms with van der Waals surface area (Å²) in [5.74, 6) is 5.05. The van der Waals surface area contributed by atoms with Crippen LogP contribution in [-0.4, -0.2) is 16.5 Å². The maximum Gasteiger partial charge on any atom is 0.133 e. The van der Waals surface area contributed by atoms with Crippen LogP contribution in [0.4, 0.5) is 0 Å². The fourth-order valence-corrected chi connectivity index (χ4v) is 7.80. The van der Waals surface area contributed by atoms with Crippen LogP contribution in [0.3, 0.4) is 0 Å². The maximum atomic E-state index is 11.9. The van der Waals surface area contributed by atoms with Crippen LogP contribution in [0.25, 0.3) is 0 Å². The number of Topliss-reactive ketones (excluding diaryl/α,β-unsaturated/α-hetero) is 1. The van der Waals surface area contributed by atoms with E-state index < -0.39 is 5.60 Å². The van der Waals surface area contributed by atoms with Gasteiger partial charge in [-0.25, -0.2) is 0 Å². The van der Waals surface area contributed by atoms with Crippen molar-refractivity contribution in [3.63, 3.8) is 0 Å². The third-order valence-electron chi connectivity index (χ3n) is 9.02. The van der Waals surface area contributed by atoms with Gasteiger partial charge in [0.25, 0.3) is 0 Å². The molecule has 0 bridgehead atoms. The fraction of sp³-hybridized carbons (Fsp3) is 0.952. The van der Waals surface area contributed by atoms with Crippen molar-refractivity contribution in [3.8, 4) is 0 Å². The molecule has 0 aromatic heterocycles. The first-order valence-electron chi connectivity index (χ1n) is 10.1. The SMILES string of the molecule is CCC1(O)CC[C@@H]2[C@H]3[C@@H](CC[C@@]21C)[C@H]1CCC(=O)CC1C[C@@H]3C. The van der Waals surface area contributed by atoms with Crippen molar-refractivity contribution in [3.05, 3.63) is 0 Å². The molecule has 0 aliphatic heterocycles. The highest BCUT2D eigenvalue weighted by Gasteiger charge is 2.63. The second-order valence-corrected chi connectivity index (χ2v) is 9.65. The zero-order valence-corrected chi connectivity index (χ0v) is 15.2. The van der Waals surface area contributed by atoms with Gasteiger partial charge in [-0.05, 0) is 85.9 Å². The highest BCUT2D eigenvalue weighted by molar-refractivity contribution is 5.79. The summed E-state index contributed by atoms with van der Waals surface area (Å²) in [5.41, 5.74) is -0.295. The van der Waals surface area contributed by atoms with Crippen molar-refractivity contribution < 1.29 is 9.90 Å². The van der Waals surface area contributed by atoms with Gasteiger partial charge in [-0.15, -0.1) is 0 Å². The number of ketones is 1. The highest BCUT2D eigenvalue weighted by atomic mass is 16.3. The molecule has 2 nitrogen and oxygen atoms in total. The van der Waals surface area contributed by atoms with Crippen molar-refractivity contribution in [2.75, 3.05) is 0 Å². The third kappa shape index (κ3) is 2.12. The summed E-state index contributed by atoms with van der Waals surface area (Å²) in [6, 6.07) is 0. The van der Waals surface area contributed by atoms with Crippen LogP contribution >= 0.6 is 0 Å². The van der Waals surface area contributed by atoms with Gasteiger partial charge in [0.1, 0.15) is 5.78 Å². The molecule has 2 unspecified atom stereocenters. The zero-order chi connectivity index (χ0) is 16.4. The molecule has 4 aliphatic carbocycles. The van der Waals surface area contributed by atoms with E-state index in [1.807, 2.05) is 0 Å². The van der Waals surface area contributed by atoms with E-state index in [1.54, 1.807) is 0 Å². The first-order valence-corrected chi connectivity index (χ1v) is 10.1. The minimum absolute atomic E-state index is 0.133. The molecule has 0 aromatic carbocycles. The minimum Gasteiger partial charge on any atom is -0.389 e. The smallest absolute Gasteiger partial charge is 0.133 e. The van der Waals surface area contributed by atoms with Gasteiger partial charge in [0.05, 0.1) is 5.60 Å². The monoisotopic (exact) mass is 318 g/mol.